The van der Waals surface area contributed by atoms with Crippen LogP contribution in [-0.2, 0) is 4.74 Å². The summed E-state index contributed by atoms with van der Waals surface area (Å²) < 4.78 is 5.61. The van der Waals surface area contributed by atoms with Gasteiger partial charge >= 0.3 is 0 Å². The molecule has 18 heavy (non-hydrogen) atoms. The first-order valence-electron chi connectivity index (χ1n) is 7.72. The Morgan fingerprint density at radius 1 is 1.28 bits per heavy atom. The minimum absolute atomic E-state index is 0.245. The SMILES string of the molecule is CCNC(C1CCOC1)C(C)(C)N1CCCCC1. The number of nitrogens with one attached hydrogen (secondary N) is 1. The third-order valence-corrected chi connectivity index (χ3v) is 4.79. The molecule has 0 spiro atoms. The highest BCUT2D eigenvalue weighted by Crippen LogP contribution is 2.31. The second-order valence-corrected chi connectivity index (χ2v) is 6.36. The summed E-state index contributed by atoms with van der Waals surface area (Å²) in [7, 11) is 0. The van der Waals surface area contributed by atoms with Gasteiger partial charge < -0.3 is 10.1 Å². The molecule has 0 radical (unpaired) electrons. The van der Waals surface area contributed by atoms with Crippen molar-refractivity contribution in [3.05, 3.63) is 0 Å². The number of likely N-dealkylation sites (N-methyl/N-ethyl adjacent to an activating group) is 1. The highest BCUT2D eigenvalue weighted by molar-refractivity contribution is 4.98. The lowest BCUT2D eigenvalue weighted by molar-refractivity contribution is 0.0374. The summed E-state index contributed by atoms with van der Waals surface area (Å²) >= 11 is 0. The summed E-state index contributed by atoms with van der Waals surface area (Å²) in [5, 5.41) is 3.74. The number of ether oxygens (including phenoxy) is 1. The van der Waals surface area contributed by atoms with E-state index in [1.165, 1.54) is 38.8 Å². The molecule has 2 aliphatic heterocycles. The second-order valence-electron chi connectivity index (χ2n) is 6.36. The maximum Gasteiger partial charge on any atom is 0.0510 e. The molecule has 2 rings (SSSR count). The van der Waals surface area contributed by atoms with E-state index in [-0.39, 0.29) is 5.54 Å². The normalized spacial score (nSPS) is 28.5. The third kappa shape index (κ3) is 3.06. The van der Waals surface area contributed by atoms with Gasteiger partial charge in [0, 0.05) is 24.1 Å². The summed E-state index contributed by atoms with van der Waals surface area (Å²) in [5.74, 6) is 0.682. The smallest absolute Gasteiger partial charge is 0.0510 e. The Labute approximate surface area is 112 Å². The molecule has 2 atom stereocenters. The molecule has 2 heterocycles. The lowest BCUT2D eigenvalue weighted by atomic mass is 9.81. The van der Waals surface area contributed by atoms with Crippen LogP contribution in [0.4, 0.5) is 0 Å². The van der Waals surface area contributed by atoms with Gasteiger partial charge in [-0.15, -0.1) is 0 Å². The van der Waals surface area contributed by atoms with Crippen LogP contribution in [0.15, 0.2) is 0 Å². The topological polar surface area (TPSA) is 24.5 Å². The van der Waals surface area contributed by atoms with Gasteiger partial charge in [0.1, 0.15) is 0 Å². The predicted molar refractivity (Wildman–Crippen MR) is 75.9 cm³/mol. The largest absolute Gasteiger partial charge is 0.381 e. The van der Waals surface area contributed by atoms with Crippen LogP contribution in [-0.4, -0.2) is 49.3 Å². The van der Waals surface area contributed by atoms with Gasteiger partial charge in [-0.3, -0.25) is 4.90 Å². The van der Waals surface area contributed by atoms with E-state index in [0.717, 1.165) is 19.8 Å². The van der Waals surface area contributed by atoms with Crippen molar-refractivity contribution in [3.8, 4) is 0 Å². The molecule has 2 fully saturated rings. The van der Waals surface area contributed by atoms with Crippen LogP contribution < -0.4 is 5.32 Å². The van der Waals surface area contributed by atoms with Gasteiger partial charge in [0.25, 0.3) is 0 Å². The number of hydrogen-bond acceptors (Lipinski definition) is 3. The first-order valence-corrected chi connectivity index (χ1v) is 7.72. The van der Waals surface area contributed by atoms with Crippen molar-refractivity contribution in [2.75, 3.05) is 32.8 Å². The summed E-state index contributed by atoms with van der Waals surface area (Å²) in [6.45, 7) is 12.5. The Morgan fingerprint density at radius 3 is 2.56 bits per heavy atom. The second kappa shape index (κ2) is 6.36. The van der Waals surface area contributed by atoms with E-state index in [2.05, 4.69) is 31.0 Å². The standard InChI is InChI=1S/C15H30N2O/c1-4-16-14(13-8-11-18-12-13)15(2,3)17-9-6-5-7-10-17/h13-14,16H,4-12H2,1-3H3. The zero-order valence-electron chi connectivity index (χ0n) is 12.4. The number of rotatable bonds is 5. The van der Waals surface area contributed by atoms with E-state index in [1.807, 2.05) is 0 Å². The molecular formula is C15H30N2O. The Morgan fingerprint density at radius 2 is 2.00 bits per heavy atom. The third-order valence-electron chi connectivity index (χ3n) is 4.79. The minimum atomic E-state index is 0.245. The average Bonchev–Trinajstić information content (AvgIpc) is 2.90. The predicted octanol–water partition coefficient (Wildman–Crippen LogP) is 2.27. The van der Waals surface area contributed by atoms with Crippen LogP contribution in [0.25, 0.3) is 0 Å². The van der Waals surface area contributed by atoms with E-state index >= 15 is 0 Å². The Kier molecular flexibility index (Phi) is 5.05. The molecule has 0 bridgehead atoms. The monoisotopic (exact) mass is 254 g/mol. The zero-order valence-corrected chi connectivity index (χ0v) is 12.4. The summed E-state index contributed by atoms with van der Waals surface area (Å²) in [4.78, 5) is 2.70. The van der Waals surface area contributed by atoms with E-state index in [1.54, 1.807) is 0 Å². The summed E-state index contributed by atoms with van der Waals surface area (Å²) in [6, 6.07) is 0.558. The molecule has 3 heteroatoms. The van der Waals surface area contributed by atoms with E-state index in [4.69, 9.17) is 4.74 Å². The van der Waals surface area contributed by atoms with E-state index in [9.17, 15) is 0 Å². The highest BCUT2D eigenvalue weighted by Gasteiger charge is 2.40. The fourth-order valence-corrected chi connectivity index (χ4v) is 3.70. The van der Waals surface area contributed by atoms with Crippen LogP contribution >= 0.6 is 0 Å². The van der Waals surface area contributed by atoms with Crippen molar-refractivity contribution in [2.45, 2.75) is 58.0 Å². The molecule has 0 aromatic rings. The Bertz CT molecular complexity index is 243. The van der Waals surface area contributed by atoms with Crippen molar-refractivity contribution in [2.24, 2.45) is 5.92 Å². The van der Waals surface area contributed by atoms with Crippen LogP contribution in [0.3, 0.4) is 0 Å². The summed E-state index contributed by atoms with van der Waals surface area (Å²) in [6.07, 6.45) is 5.35. The van der Waals surface area contributed by atoms with Crippen molar-refractivity contribution < 1.29 is 4.74 Å². The molecule has 0 aromatic heterocycles. The molecule has 106 valence electrons. The van der Waals surface area contributed by atoms with Crippen LogP contribution in [0.1, 0.15) is 46.5 Å². The lowest BCUT2D eigenvalue weighted by Gasteiger charge is -2.48. The van der Waals surface area contributed by atoms with Crippen molar-refractivity contribution >= 4 is 0 Å². The van der Waals surface area contributed by atoms with Crippen molar-refractivity contribution in [3.63, 3.8) is 0 Å². The Balaban J connectivity index is 2.05. The van der Waals surface area contributed by atoms with Gasteiger partial charge in [0.2, 0.25) is 0 Å². The van der Waals surface area contributed by atoms with Crippen LogP contribution in [0, 0.1) is 5.92 Å². The zero-order chi connectivity index (χ0) is 13.0. The molecule has 0 amide bonds. The number of piperidine rings is 1. The van der Waals surface area contributed by atoms with Crippen molar-refractivity contribution in [1.29, 1.82) is 0 Å². The van der Waals surface area contributed by atoms with Crippen LogP contribution in [0.5, 0.6) is 0 Å². The van der Waals surface area contributed by atoms with Gasteiger partial charge in [0.15, 0.2) is 0 Å². The van der Waals surface area contributed by atoms with Gasteiger partial charge in [0.05, 0.1) is 6.61 Å². The fraction of sp³-hybridized carbons (Fsp3) is 1.00. The molecule has 2 saturated heterocycles. The van der Waals surface area contributed by atoms with E-state index in [0.29, 0.717) is 12.0 Å². The molecule has 2 aliphatic rings. The lowest BCUT2D eigenvalue weighted by Crippen LogP contribution is -2.61. The molecule has 0 aromatic carbocycles. The molecule has 0 aliphatic carbocycles. The first-order chi connectivity index (χ1) is 8.66. The fourth-order valence-electron chi connectivity index (χ4n) is 3.70. The van der Waals surface area contributed by atoms with Gasteiger partial charge in [-0.2, -0.15) is 0 Å². The average molecular weight is 254 g/mol. The number of likely N-dealkylation sites (tertiary alicyclic amines) is 1. The molecule has 0 saturated carbocycles. The summed E-state index contributed by atoms with van der Waals surface area (Å²) in [5.41, 5.74) is 0.245. The minimum Gasteiger partial charge on any atom is -0.381 e. The quantitative estimate of drug-likeness (QED) is 0.814. The highest BCUT2D eigenvalue weighted by atomic mass is 16.5. The first kappa shape index (κ1) is 14.3. The number of nitrogens with zero attached hydrogens (tertiary/aromatic N) is 1. The molecular weight excluding hydrogens is 224 g/mol. The van der Waals surface area contributed by atoms with Crippen molar-refractivity contribution in [1.82, 2.24) is 10.2 Å². The molecule has 3 nitrogen and oxygen atoms in total. The number of hydrogen-bond donors (Lipinski definition) is 1. The van der Waals surface area contributed by atoms with E-state index < -0.39 is 0 Å². The maximum atomic E-state index is 5.61. The molecule has 2 unspecified atom stereocenters. The van der Waals surface area contributed by atoms with Crippen LogP contribution in [0.2, 0.25) is 0 Å². The van der Waals surface area contributed by atoms with Gasteiger partial charge in [-0.1, -0.05) is 13.3 Å². The maximum absolute atomic E-state index is 5.61. The molecule has 1 N–H and O–H groups in total. The van der Waals surface area contributed by atoms with Gasteiger partial charge in [-0.05, 0) is 52.7 Å². The Hall–Kier alpha value is -0.120. The van der Waals surface area contributed by atoms with Gasteiger partial charge in [-0.25, -0.2) is 0 Å².